The molecule has 1 aliphatic rings. The molecule has 8 heteroatoms. The molecule has 0 saturated heterocycles. The van der Waals surface area contributed by atoms with Crippen molar-refractivity contribution in [3.8, 4) is 0 Å². The first-order valence-corrected chi connectivity index (χ1v) is 9.58. The molecule has 2 N–H and O–H groups in total. The van der Waals surface area contributed by atoms with E-state index in [9.17, 15) is 9.18 Å². The number of carbonyl (C=O) groups is 1. The topological polar surface area (TPSA) is 88.5 Å². The fourth-order valence-electron chi connectivity index (χ4n) is 4.18. The predicted octanol–water partition coefficient (Wildman–Crippen LogP) is 3.08. The highest BCUT2D eigenvalue weighted by molar-refractivity contribution is 5.87. The third-order valence-corrected chi connectivity index (χ3v) is 5.48. The van der Waals surface area contributed by atoms with Crippen molar-refractivity contribution in [3.05, 3.63) is 77.5 Å². The van der Waals surface area contributed by atoms with Crippen LogP contribution in [0.5, 0.6) is 0 Å². The number of hydrogen-bond acceptors (Lipinski definition) is 4. The number of rotatable bonds is 4. The Bertz CT molecular complexity index is 1150. The Balaban J connectivity index is 1.48. The van der Waals surface area contributed by atoms with Gasteiger partial charge < -0.3 is 10.3 Å². The molecule has 4 aromatic rings. The van der Waals surface area contributed by atoms with Gasteiger partial charge in [-0.25, -0.2) is 9.07 Å². The highest BCUT2D eigenvalue weighted by Gasteiger charge is 2.30. The van der Waals surface area contributed by atoms with Crippen molar-refractivity contribution in [1.29, 1.82) is 0 Å². The van der Waals surface area contributed by atoms with Gasteiger partial charge in [0.15, 0.2) is 6.04 Å². The van der Waals surface area contributed by atoms with Crippen LogP contribution in [0.2, 0.25) is 0 Å². The van der Waals surface area contributed by atoms with Gasteiger partial charge in [0.1, 0.15) is 12.1 Å². The van der Waals surface area contributed by atoms with E-state index in [1.165, 1.54) is 17.1 Å². The van der Waals surface area contributed by atoms with E-state index in [-0.39, 0.29) is 17.8 Å². The van der Waals surface area contributed by atoms with E-state index in [4.69, 9.17) is 0 Å². The van der Waals surface area contributed by atoms with E-state index in [1.807, 2.05) is 30.3 Å². The second-order valence-corrected chi connectivity index (χ2v) is 7.26. The second kappa shape index (κ2) is 7.12. The van der Waals surface area contributed by atoms with Crippen LogP contribution in [0.1, 0.15) is 41.7 Å². The third kappa shape index (κ3) is 3.16. The predicted molar refractivity (Wildman–Crippen MR) is 104 cm³/mol. The van der Waals surface area contributed by atoms with Crippen LogP contribution in [0.3, 0.4) is 0 Å². The van der Waals surface area contributed by atoms with Crippen LogP contribution in [0, 0.1) is 5.82 Å². The molecule has 2 atom stereocenters. The first-order chi connectivity index (χ1) is 14.2. The number of H-pyrrole nitrogens is 1. The number of carbonyl (C=O) groups excluding carboxylic acids is 1. The van der Waals surface area contributed by atoms with Gasteiger partial charge in [-0.05, 0) is 59.0 Å². The van der Waals surface area contributed by atoms with Gasteiger partial charge in [0.25, 0.3) is 0 Å². The summed E-state index contributed by atoms with van der Waals surface area (Å²) in [5.74, 6) is -0.445. The van der Waals surface area contributed by atoms with Crippen molar-refractivity contribution >= 4 is 16.8 Å². The van der Waals surface area contributed by atoms with Crippen LogP contribution in [-0.4, -0.2) is 31.1 Å². The van der Waals surface area contributed by atoms with E-state index in [0.717, 1.165) is 47.0 Å². The summed E-state index contributed by atoms with van der Waals surface area (Å²) in [6.07, 6.45) is 4.03. The zero-order valence-corrected chi connectivity index (χ0v) is 15.5. The van der Waals surface area contributed by atoms with Crippen LogP contribution in [0.4, 0.5) is 4.39 Å². The number of nitrogens with one attached hydrogen (secondary N) is 2. The number of amides is 1. The molecular formula is C21H19FN6O. The van der Waals surface area contributed by atoms with Crippen molar-refractivity contribution in [2.45, 2.75) is 31.3 Å². The summed E-state index contributed by atoms with van der Waals surface area (Å²) < 4.78 is 15.2. The van der Waals surface area contributed by atoms with Gasteiger partial charge in [0.05, 0.1) is 6.04 Å². The van der Waals surface area contributed by atoms with Crippen molar-refractivity contribution in [2.75, 3.05) is 0 Å². The van der Waals surface area contributed by atoms with E-state index >= 15 is 0 Å². The number of benzene rings is 2. The van der Waals surface area contributed by atoms with E-state index in [2.05, 4.69) is 25.8 Å². The highest BCUT2D eigenvalue weighted by Crippen LogP contribution is 2.35. The second-order valence-electron chi connectivity index (χ2n) is 7.26. The SMILES string of the molecule is O=C(NC1CCCc2c1[nH]c1ccc(F)cc21)[C@H](c1ccccc1)n1cnnn1. The lowest BCUT2D eigenvalue weighted by atomic mass is 9.91. The summed E-state index contributed by atoms with van der Waals surface area (Å²) in [5.41, 5.74) is 3.72. The Kier molecular flexibility index (Phi) is 4.31. The Labute approximate surface area is 165 Å². The van der Waals surface area contributed by atoms with Gasteiger partial charge >= 0.3 is 0 Å². The maximum Gasteiger partial charge on any atom is 0.250 e. The molecule has 1 unspecified atom stereocenters. The smallest absolute Gasteiger partial charge is 0.250 e. The zero-order valence-electron chi connectivity index (χ0n) is 15.5. The largest absolute Gasteiger partial charge is 0.356 e. The summed E-state index contributed by atoms with van der Waals surface area (Å²) in [4.78, 5) is 16.7. The molecule has 29 heavy (non-hydrogen) atoms. The maximum absolute atomic E-state index is 13.7. The molecule has 0 aliphatic heterocycles. The molecule has 1 amide bonds. The zero-order chi connectivity index (χ0) is 19.8. The number of aromatic nitrogens is 5. The number of halogens is 1. The lowest BCUT2D eigenvalue weighted by molar-refractivity contribution is -0.124. The van der Waals surface area contributed by atoms with Crippen molar-refractivity contribution in [3.63, 3.8) is 0 Å². The van der Waals surface area contributed by atoms with Crippen LogP contribution in [0.15, 0.2) is 54.9 Å². The Hall–Kier alpha value is -3.55. The molecule has 5 rings (SSSR count). The van der Waals surface area contributed by atoms with Gasteiger partial charge in [-0.1, -0.05) is 30.3 Å². The highest BCUT2D eigenvalue weighted by atomic mass is 19.1. The molecule has 2 heterocycles. The Morgan fingerprint density at radius 2 is 2.10 bits per heavy atom. The first kappa shape index (κ1) is 17.5. The van der Waals surface area contributed by atoms with Crippen LogP contribution in [0.25, 0.3) is 10.9 Å². The van der Waals surface area contributed by atoms with Crippen molar-refractivity contribution in [2.24, 2.45) is 0 Å². The number of tetrazole rings is 1. The van der Waals surface area contributed by atoms with Crippen LogP contribution < -0.4 is 5.32 Å². The average Bonchev–Trinajstić information content (AvgIpc) is 3.38. The number of hydrogen-bond donors (Lipinski definition) is 2. The molecule has 0 radical (unpaired) electrons. The average molecular weight is 390 g/mol. The molecule has 2 aromatic heterocycles. The van der Waals surface area contributed by atoms with Gasteiger partial charge in [0.2, 0.25) is 5.91 Å². The molecule has 2 aromatic carbocycles. The summed E-state index contributed by atoms with van der Waals surface area (Å²) >= 11 is 0. The fourth-order valence-corrected chi connectivity index (χ4v) is 4.18. The normalized spacial score (nSPS) is 17.1. The first-order valence-electron chi connectivity index (χ1n) is 9.58. The Morgan fingerprint density at radius 3 is 2.90 bits per heavy atom. The summed E-state index contributed by atoms with van der Waals surface area (Å²) in [6.45, 7) is 0. The number of nitrogens with zero attached hydrogens (tertiary/aromatic N) is 4. The van der Waals surface area contributed by atoms with Gasteiger partial charge in [-0.3, -0.25) is 4.79 Å². The minimum absolute atomic E-state index is 0.176. The summed E-state index contributed by atoms with van der Waals surface area (Å²) in [6, 6.07) is 13.3. The number of aryl methyl sites for hydroxylation is 1. The standard InChI is InChI=1S/C21H19FN6O/c22-14-9-10-17-16(11-14)15-7-4-8-18(19(15)24-17)25-21(29)20(28-12-23-26-27-28)13-5-2-1-3-6-13/h1-3,5-6,9-12,18,20,24H,4,7-8H2,(H,25,29)/t18?,20-/m0/s1. The molecule has 0 bridgehead atoms. The Morgan fingerprint density at radius 1 is 1.24 bits per heavy atom. The van der Waals surface area contributed by atoms with Crippen LogP contribution >= 0.6 is 0 Å². The van der Waals surface area contributed by atoms with Crippen molar-refractivity contribution < 1.29 is 9.18 Å². The molecule has 146 valence electrons. The van der Waals surface area contributed by atoms with E-state index < -0.39 is 6.04 Å². The monoisotopic (exact) mass is 390 g/mol. The minimum Gasteiger partial charge on any atom is -0.356 e. The molecule has 1 aliphatic carbocycles. The van der Waals surface area contributed by atoms with Gasteiger partial charge in [-0.2, -0.15) is 0 Å². The molecule has 0 fully saturated rings. The number of aromatic amines is 1. The summed E-state index contributed by atoms with van der Waals surface area (Å²) in [7, 11) is 0. The van der Waals surface area contributed by atoms with E-state index in [1.54, 1.807) is 12.1 Å². The fraction of sp³-hybridized carbons (Fsp3) is 0.238. The third-order valence-electron chi connectivity index (χ3n) is 5.48. The quantitative estimate of drug-likeness (QED) is 0.561. The molecular weight excluding hydrogens is 371 g/mol. The molecule has 7 nitrogen and oxygen atoms in total. The molecule has 0 spiro atoms. The summed E-state index contributed by atoms with van der Waals surface area (Å²) in [5, 5.41) is 15.3. The van der Waals surface area contributed by atoms with E-state index in [0.29, 0.717) is 0 Å². The van der Waals surface area contributed by atoms with Crippen LogP contribution in [-0.2, 0) is 11.2 Å². The molecule has 0 saturated carbocycles. The number of fused-ring (bicyclic) bond motifs is 3. The van der Waals surface area contributed by atoms with Gasteiger partial charge in [-0.15, -0.1) is 5.10 Å². The maximum atomic E-state index is 13.7. The lowest BCUT2D eigenvalue weighted by Crippen LogP contribution is -2.37. The van der Waals surface area contributed by atoms with Crippen molar-refractivity contribution in [1.82, 2.24) is 30.5 Å². The minimum atomic E-state index is -0.668. The van der Waals surface area contributed by atoms with Gasteiger partial charge in [0, 0.05) is 16.6 Å². The lowest BCUT2D eigenvalue weighted by Gasteiger charge is -2.26.